The number of esters is 1. The van der Waals surface area contributed by atoms with Crippen molar-refractivity contribution in [2.24, 2.45) is 0 Å². The van der Waals surface area contributed by atoms with Gasteiger partial charge < -0.3 is 9.64 Å². The molecular weight excluding hydrogens is 304 g/mol. The number of piperidine rings is 1. The Morgan fingerprint density at radius 1 is 1.12 bits per heavy atom. The van der Waals surface area contributed by atoms with Crippen molar-refractivity contribution in [2.75, 3.05) is 6.54 Å². The quantitative estimate of drug-likeness (QED) is 0.812. The maximum absolute atomic E-state index is 12.7. The van der Waals surface area contributed by atoms with Crippen LogP contribution in [0.4, 0.5) is 0 Å². The van der Waals surface area contributed by atoms with Crippen LogP contribution in [0.3, 0.4) is 0 Å². The van der Waals surface area contributed by atoms with Crippen LogP contribution in [-0.2, 0) is 16.1 Å². The van der Waals surface area contributed by atoms with E-state index in [1.807, 2.05) is 30.3 Å². The molecule has 1 aromatic heterocycles. The molecule has 1 saturated heterocycles. The van der Waals surface area contributed by atoms with Gasteiger partial charge in [0.1, 0.15) is 12.6 Å². The van der Waals surface area contributed by atoms with Crippen molar-refractivity contribution in [3.63, 3.8) is 0 Å². The summed E-state index contributed by atoms with van der Waals surface area (Å²) in [6.07, 6.45) is 5.61. The van der Waals surface area contributed by atoms with E-state index in [1.165, 1.54) is 6.20 Å². The van der Waals surface area contributed by atoms with Gasteiger partial charge in [-0.2, -0.15) is 0 Å². The number of aromatic nitrogens is 1. The van der Waals surface area contributed by atoms with Crippen LogP contribution in [-0.4, -0.2) is 34.3 Å². The molecular formula is C19H20N2O3. The first kappa shape index (κ1) is 16.2. The zero-order valence-electron chi connectivity index (χ0n) is 13.4. The molecule has 24 heavy (non-hydrogen) atoms. The molecule has 5 nitrogen and oxygen atoms in total. The van der Waals surface area contributed by atoms with E-state index in [2.05, 4.69) is 4.98 Å². The Labute approximate surface area is 141 Å². The highest BCUT2D eigenvalue weighted by Gasteiger charge is 2.33. The van der Waals surface area contributed by atoms with E-state index in [-0.39, 0.29) is 18.5 Å². The lowest BCUT2D eigenvalue weighted by Crippen LogP contribution is -2.48. The summed E-state index contributed by atoms with van der Waals surface area (Å²) in [4.78, 5) is 30.8. The van der Waals surface area contributed by atoms with Gasteiger partial charge >= 0.3 is 5.97 Å². The fraction of sp³-hybridized carbons (Fsp3) is 0.316. The van der Waals surface area contributed by atoms with Gasteiger partial charge in [0, 0.05) is 18.9 Å². The third-order valence-corrected chi connectivity index (χ3v) is 4.17. The third kappa shape index (κ3) is 3.79. The first-order valence-electron chi connectivity index (χ1n) is 8.17. The molecule has 1 fully saturated rings. The number of likely N-dealkylation sites (tertiary alicyclic amines) is 1. The molecule has 1 aliphatic rings. The average Bonchev–Trinajstić information content (AvgIpc) is 2.67. The van der Waals surface area contributed by atoms with Crippen LogP contribution < -0.4 is 0 Å². The molecule has 1 aromatic carbocycles. The van der Waals surface area contributed by atoms with Gasteiger partial charge in [0.05, 0.1) is 5.56 Å². The Balaban J connectivity index is 1.67. The molecule has 124 valence electrons. The van der Waals surface area contributed by atoms with Gasteiger partial charge in [-0.15, -0.1) is 0 Å². The minimum atomic E-state index is -0.518. The Bertz CT molecular complexity index is 688. The molecule has 0 unspecified atom stereocenters. The van der Waals surface area contributed by atoms with Crippen molar-refractivity contribution in [3.8, 4) is 0 Å². The van der Waals surface area contributed by atoms with E-state index >= 15 is 0 Å². The van der Waals surface area contributed by atoms with E-state index in [0.717, 1.165) is 18.4 Å². The van der Waals surface area contributed by atoms with Crippen LogP contribution in [0.15, 0.2) is 54.9 Å². The Morgan fingerprint density at radius 3 is 2.71 bits per heavy atom. The standard InChI is InChI=1S/C19H20N2O3/c22-18(16-9-6-11-20-13-16)21-12-5-4-10-17(21)19(23)24-14-15-7-2-1-3-8-15/h1-3,6-9,11,13,17H,4-5,10,12,14H2/t17-/m1/s1. The summed E-state index contributed by atoms with van der Waals surface area (Å²) < 4.78 is 5.44. The van der Waals surface area contributed by atoms with Gasteiger partial charge in [0.25, 0.3) is 5.91 Å². The number of carbonyl (C=O) groups excluding carboxylic acids is 2. The fourth-order valence-corrected chi connectivity index (χ4v) is 2.90. The maximum atomic E-state index is 12.7. The summed E-state index contributed by atoms with van der Waals surface area (Å²) in [6.45, 7) is 0.796. The van der Waals surface area contributed by atoms with Crippen LogP contribution >= 0.6 is 0 Å². The molecule has 0 saturated carbocycles. The third-order valence-electron chi connectivity index (χ3n) is 4.17. The number of rotatable bonds is 4. The molecule has 0 aliphatic carbocycles. The average molecular weight is 324 g/mol. The zero-order chi connectivity index (χ0) is 16.8. The summed E-state index contributed by atoms with van der Waals surface area (Å²) >= 11 is 0. The largest absolute Gasteiger partial charge is 0.459 e. The molecule has 0 N–H and O–H groups in total. The number of benzene rings is 1. The summed E-state index contributed by atoms with van der Waals surface area (Å²) in [6, 6.07) is 12.5. The van der Waals surface area contributed by atoms with E-state index in [4.69, 9.17) is 4.74 Å². The number of ether oxygens (including phenoxy) is 1. The highest BCUT2D eigenvalue weighted by atomic mass is 16.5. The summed E-state index contributed by atoms with van der Waals surface area (Å²) in [5, 5.41) is 0. The molecule has 3 rings (SSSR count). The van der Waals surface area contributed by atoms with Crippen LogP contribution in [0, 0.1) is 0 Å². The van der Waals surface area contributed by atoms with Crippen molar-refractivity contribution in [3.05, 3.63) is 66.0 Å². The van der Waals surface area contributed by atoms with E-state index in [9.17, 15) is 9.59 Å². The lowest BCUT2D eigenvalue weighted by Gasteiger charge is -2.34. The molecule has 2 aromatic rings. The second-order valence-corrected chi connectivity index (χ2v) is 5.85. The van der Waals surface area contributed by atoms with Gasteiger partial charge in [0.2, 0.25) is 0 Å². The van der Waals surface area contributed by atoms with Crippen molar-refractivity contribution in [2.45, 2.75) is 31.9 Å². The number of pyridine rings is 1. The summed E-state index contributed by atoms with van der Waals surface area (Å²) in [5.74, 6) is -0.500. The second-order valence-electron chi connectivity index (χ2n) is 5.85. The number of nitrogens with zero attached hydrogens (tertiary/aromatic N) is 2. The van der Waals surface area contributed by atoms with Crippen molar-refractivity contribution in [1.29, 1.82) is 0 Å². The Kier molecular flexibility index (Phi) is 5.21. The summed E-state index contributed by atoms with van der Waals surface area (Å²) in [7, 11) is 0. The van der Waals surface area contributed by atoms with Gasteiger partial charge in [-0.05, 0) is 37.0 Å². The predicted molar refractivity (Wildman–Crippen MR) is 89.2 cm³/mol. The first-order valence-corrected chi connectivity index (χ1v) is 8.17. The van der Waals surface area contributed by atoms with Crippen LogP contribution in [0.1, 0.15) is 35.2 Å². The minimum absolute atomic E-state index is 0.163. The van der Waals surface area contributed by atoms with Crippen LogP contribution in [0.2, 0.25) is 0 Å². The molecule has 0 spiro atoms. The van der Waals surface area contributed by atoms with Gasteiger partial charge in [-0.25, -0.2) is 4.79 Å². The van der Waals surface area contributed by atoms with Crippen molar-refractivity contribution >= 4 is 11.9 Å². The van der Waals surface area contributed by atoms with Crippen LogP contribution in [0.5, 0.6) is 0 Å². The maximum Gasteiger partial charge on any atom is 0.329 e. The zero-order valence-corrected chi connectivity index (χ0v) is 13.4. The van der Waals surface area contributed by atoms with Crippen molar-refractivity contribution < 1.29 is 14.3 Å². The lowest BCUT2D eigenvalue weighted by molar-refractivity contribution is -0.151. The minimum Gasteiger partial charge on any atom is -0.459 e. The first-order chi connectivity index (χ1) is 11.8. The molecule has 2 heterocycles. The highest BCUT2D eigenvalue weighted by Crippen LogP contribution is 2.21. The fourth-order valence-electron chi connectivity index (χ4n) is 2.90. The van der Waals surface area contributed by atoms with Gasteiger partial charge in [-0.3, -0.25) is 9.78 Å². The smallest absolute Gasteiger partial charge is 0.329 e. The highest BCUT2D eigenvalue weighted by molar-refractivity contribution is 5.96. The lowest BCUT2D eigenvalue weighted by atomic mass is 10.0. The monoisotopic (exact) mass is 324 g/mol. The molecule has 0 bridgehead atoms. The molecule has 1 atom stereocenters. The molecule has 1 aliphatic heterocycles. The number of hydrogen-bond donors (Lipinski definition) is 0. The van der Waals surface area contributed by atoms with E-state index in [0.29, 0.717) is 18.5 Å². The van der Waals surface area contributed by atoms with E-state index in [1.54, 1.807) is 23.2 Å². The van der Waals surface area contributed by atoms with E-state index < -0.39 is 6.04 Å². The van der Waals surface area contributed by atoms with Crippen molar-refractivity contribution in [1.82, 2.24) is 9.88 Å². The summed E-state index contributed by atoms with van der Waals surface area (Å²) in [5.41, 5.74) is 1.44. The number of carbonyl (C=O) groups is 2. The van der Waals surface area contributed by atoms with Gasteiger partial charge in [-0.1, -0.05) is 30.3 Å². The Morgan fingerprint density at radius 2 is 1.96 bits per heavy atom. The normalized spacial score (nSPS) is 17.3. The number of amides is 1. The molecule has 1 amide bonds. The Hall–Kier alpha value is -2.69. The molecule has 0 radical (unpaired) electrons. The van der Waals surface area contributed by atoms with Gasteiger partial charge in [0.15, 0.2) is 0 Å². The topological polar surface area (TPSA) is 59.5 Å². The van der Waals surface area contributed by atoms with Crippen LogP contribution in [0.25, 0.3) is 0 Å². The SMILES string of the molecule is O=C(OCc1ccccc1)[C@H]1CCCCN1C(=O)c1cccnc1. The number of hydrogen-bond acceptors (Lipinski definition) is 4. The molecule has 5 heteroatoms. The second kappa shape index (κ2) is 7.73. The predicted octanol–water partition coefficient (Wildman–Crippen LogP) is 2.82.